The lowest BCUT2D eigenvalue weighted by atomic mass is 10.1. The van der Waals surface area contributed by atoms with Crippen molar-refractivity contribution < 1.29 is 24.0 Å². The molecule has 1 N–H and O–H groups in total. The van der Waals surface area contributed by atoms with Crippen molar-refractivity contribution in [3.05, 3.63) is 33.6 Å². The first-order valence-corrected chi connectivity index (χ1v) is 6.20. The number of nitro benzene ring substituents is 1. The van der Waals surface area contributed by atoms with Gasteiger partial charge in [0.15, 0.2) is 5.75 Å². The Balaban J connectivity index is 3.03. The molecule has 0 amide bonds. The van der Waals surface area contributed by atoms with Gasteiger partial charge in [-0.3, -0.25) is 10.1 Å². The highest BCUT2D eigenvalue weighted by molar-refractivity contribution is 5.89. The van der Waals surface area contributed by atoms with Gasteiger partial charge in [0.1, 0.15) is 11.4 Å². The molecule has 0 heterocycles. The van der Waals surface area contributed by atoms with E-state index in [2.05, 4.69) is 0 Å². The van der Waals surface area contributed by atoms with E-state index in [1.165, 1.54) is 0 Å². The number of carboxylic acids is 1. The Morgan fingerprint density at radius 1 is 1.55 bits per heavy atom. The third kappa shape index (κ3) is 3.91. The fourth-order valence-corrected chi connectivity index (χ4v) is 1.77. The quantitative estimate of drug-likeness (QED) is 0.613. The summed E-state index contributed by atoms with van der Waals surface area (Å²) in [5.74, 6) is -2.69. The Labute approximate surface area is 115 Å². The Hall–Kier alpha value is -2.18. The number of hydrogen-bond donors (Lipinski definition) is 1. The number of carbonyl (C=O) groups is 1. The van der Waals surface area contributed by atoms with Crippen LogP contribution in [0.1, 0.15) is 37.0 Å². The fourth-order valence-electron chi connectivity index (χ4n) is 1.77. The summed E-state index contributed by atoms with van der Waals surface area (Å²) in [7, 11) is 0. The normalized spacial score (nSPS) is 11.9. The van der Waals surface area contributed by atoms with Crippen molar-refractivity contribution in [2.45, 2.75) is 26.7 Å². The summed E-state index contributed by atoms with van der Waals surface area (Å²) in [6.45, 7) is 4.12. The molecule has 20 heavy (non-hydrogen) atoms. The molecule has 0 spiro atoms. The van der Waals surface area contributed by atoms with Gasteiger partial charge in [0.25, 0.3) is 0 Å². The highest BCUT2D eigenvalue weighted by Crippen LogP contribution is 2.30. The standard InChI is InChI=1S/C13H16FNO5/c1-3-4-8(2)7-20-12-6-10(14)9(13(16)17)5-11(12)15(18)19/h5-6,8H,3-4,7H2,1-2H3,(H,16,17). The van der Waals surface area contributed by atoms with Crippen molar-refractivity contribution in [1.82, 2.24) is 0 Å². The molecule has 0 aromatic heterocycles. The summed E-state index contributed by atoms with van der Waals surface area (Å²) in [6.07, 6.45) is 1.82. The topological polar surface area (TPSA) is 89.7 Å². The third-order valence-corrected chi connectivity index (χ3v) is 2.78. The van der Waals surface area contributed by atoms with Crippen LogP contribution in [-0.2, 0) is 0 Å². The molecule has 1 aromatic rings. The number of aromatic carboxylic acids is 1. The highest BCUT2D eigenvalue weighted by atomic mass is 19.1. The van der Waals surface area contributed by atoms with Crippen LogP contribution in [0.4, 0.5) is 10.1 Å². The molecule has 0 radical (unpaired) electrons. The Morgan fingerprint density at radius 2 is 2.20 bits per heavy atom. The van der Waals surface area contributed by atoms with Crippen LogP contribution in [0.15, 0.2) is 12.1 Å². The maximum Gasteiger partial charge on any atom is 0.338 e. The smallest absolute Gasteiger partial charge is 0.338 e. The zero-order chi connectivity index (χ0) is 15.3. The Bertz CT molecular complexity index is 518. The third-order valence-electron chi connectivity index (χ3n) is 2.78. The first kappa shape index (κ1) is 15.9. The van der Waals surface area contributed by atoms with Crippen LogP contribution in [0, 0.1) is 21.8 Å². The minimum absolute atomic E-state index is 0.168. The van der Waals surface area contributed by atoms with Crippen LogP contribution in [0.5, 0.6) is 5.75 Å². The lowest BCUT2D eigenvalue weighted by Gasteiger charge is -2.12. The minimum Gasteiger partial charge on any atom is -0.486 e. The van der Waals surface area contributed by atoms with Gasteiger partial charge in [0.05, 0.1) is 11.5 Å². The van der Waals surface area contributed by atoms with Crippen LogP contribution < -0.4 is 4.74 Å². The molecule has 1 rings (SSSR count). The Kier molecular flexibility index (Phi) is 5.42. The number of rotatable bonds is 7. The molecular weight excluding hydrogens is 269 g/mol. The van der Waals surface area contributed by atoms with E-state index in [9.17, 15) is 19.3 Å². The van der Waals surface area contributed by atoms with Crippen LogP contribution in [0.2, 0.25) is 0 Å². The fraction of sp³-hybridized carbons (Fsp3) is 0.462. The van der Waals surface area contributed by atoms with Gasteiger partial charge in [0.2, 0.25) is 0 Å². The van der Waals surface area contributed by atoms with Gasteiger partial charge < -0.3 is 9.84 Å². The maximum absolute atomic E-state index is 13.5. The van der Waals surface area contributed by atoms with Crippen LogP contribution in [0.25, 0.3) is 0 Å². The highest BCUT2D eigenvalue weighted by Gasteiger charge is 2.23. The SMILES string of the molecule is CCCC(C)COc1cc(F)c(C(=O)O)cc1[N+](=O)[O-]. The zero-order valence-corrected chi connectivity index (χ0v) is 11.3. The second-order valence-corrected chi connectivity index (χ2v) is 4.57. The predicted octanol–water partition coefficient (Wildman–Crippen LogP) is 3.25. The predicted molar refractivity (Wildman–Crippen MR) is 69.6 cm³/mol. The van der Waals surface area contributed by atoms with E-state index >= 15 is 0 Å². The van der Waals surface area contributed by atoms with Gasteiger partial charge in [-0.05, 0) is 12.3 Å². The number of halogens is 1. The van der Waals surface area contributed by atoms with E-state index < -0.39 is 28.0 Å². The van der Waals surface area contributed by atoms with E-state index in [0.717, 1.165) is 18.9 Å². The molecular formula is C13H16FNO5. The van der Waals surface area contributed by atoms with Gasteiger partial charge >= 0.3 is 11.7 Å². The second kappa shape index (κ2) is 6.83. The van der Waals surface area contributed by atoms with Gasteiger partial charge in [-0.2, -0.15) is 0 Å². The van der Waals surface area contributed by atoms with Crippen molar-refractivity contribution in [3.63, 3.8) is 0 Å². The second-order valence-electron chi connectivity index (χ2n) is 4.57. The first-order chi connectivity index (χ1) is 9.36. The average molecular weight is 285 g/mol. The van der Waals surface area contributed by atoms with Crippen molar-refractivity contribution >= 4 is 11.7 Å². The van der Waals surface area contributed by atoms with E-state index in [0.29, 0.717) is 6.07 Å². The van der Waals surface area contributed by atoms with E-state index in [-0.39, 0.29) is 18.3 Å². The molecule has 1 aromatic carbocycles. The Morgan fingerprint density at radius 3 is 2.70 bits per heavy atom. The summed E-state index contributed by atoms with van der Waals surface area (Å²) >= 11 is 0. The molecule has 0 fully saturated rings. The number of carboxylic acid groups (broad SMARTS) is 1. The molecule has 0 saturated carbocycles. The van der Waals surface area contributed by atoms with Gasteiger partial charge in [-0.25, -0.2) is 9.18 Å². The van der Waals surface area contributed by atoms with Crippen LogP contribution >= 0.6 is 0 Å². The monoisotopic (exact) mass is 285 g/mol. The van der Waals surface area contributed by atoms with Gasteiger partial charge in [-0.1, -0.05) is 20.3 Å². The van der Waals surface area contributed by atoms with E-state index in [1.807, 2.05) is 13.8 Å². The molecule has 0 aliphatic heterocycles. The molecule has 1 unspecified atom stereocenters. The molecule has 0 bridgehead atoms. The molecule has 7 heteroatoms. The summed E-state index contributed by atoms with van der Waals surface area (Å²) in [5, 5.41) is 19.6. The van der Waals surface area contributed by atoms with E-state index in [4.69, 9.17) is 9.84 Å². The lowest BCUT2D eigenvalue weighted by molar-refractivity contribution is -0.386. The summed E-state index contributed by atoms with van der Waals surface area (Å²) in [4.78, 5) is 20.9. The summed E-state index contributed by atoms with van der Waals surface area (Å²) in [5.41, 5.74) is -1.29. The number of hydrogen-bond acceptors (Lipinski definition) is 4. The van der Waals surface area contributed by atoms with Crippen molar-refractivity contribution in [1.29, 1.82) is 0 Å². The molecule has 1 atom stereocenters. The molecule has 0 saturated heterocycles. The molecule has 0 aliphatic rings. The largest absolute Gasteiger partial charge is 0.486 e. The average Bonchev–Trinajstić information content (AvgIpc) is 2.35. The summed E-state index contributed by atoms with van der Waals surface area (Å²) < 4.78 is 18.8. The number of nitro groups is 1. The summed E-state index contributed by atoms with van der Waals surface area (Å²) in [6, 6.07) is 1.43. The zero-order valence-electron chi connectivity index (χ0n) is 11.3. The van der Waals surface area contributed by atoms with Gasteiger partial charge in [0, 0.05) is 12.1 Å². The van der Waals surface area contributed by atoms with Crippen molar-refractivity contribution in [3.8, 4) is 5.75 Å². The van der Waals surface area contributed by atoms with Crippen molar-refractivity contribution in [2.24, 2.45) is 5.92 Å². The molecule has 0 aliphatic carbocycles. The van der Waals surface area contributed by atoms with Gasteiger partial charge in [-0.15, -0.1) is 0 Å². The molecule has 110 valence electrons. The van der Waals surface area contributed by atoms with Crippen LogP contribution in [0.3, 0.4) is 0 Å². The number of benzene rings is 1. The minimum atomic E-state index is -1.56. The first-order valence-electron chi connectivity index (χ1n) is 6.20. The lowest BCUT2D eigenvalue weighted by Crippen LogP contribution is -2.10. The maximum atomic E-state index is 13.5. The molecule has 6 nitrogen and oxygen atoms in total. The number of ether oxygens (including phenoxy) is 1. The van der Waals surface area contributed by atoms with E-state index in [1.54, 1.807) is 0 Å². The van der Waals surface area contributed by atoms with Crippen LogP contribution in [-0.4, -0.2) is 22.6 Å². The number of nitrogens with zero attached hydrogens (tertiary/aromatic N) is 1. The van der Waals surface area contributed by atoms with Crippen molar-refractivity contribution in [2.75, 3.05) is 6.61 Å².